The summed E-state index contributed by atoms with van der Waals surface area (Å²) < 4.78 is 0. The molecular weight excluding hydrogens is 266 g/mol. The van der Waals surface area contributed by atoms with Crippen molar-refractivity contribution in [3.05, 3.63) is 11.1 Å². The van der Waals surface area contributed by atoms with Crippen LogP contribution in [0.25, 0.3) is 0 Å². The van der Waals surface area contributed by atoms with Gasteiger partial charge in [0.05, 0.1) is 0 Å². The van der Waals surface area contributed by atoms with Crippen LogP contribution in [0.5, 0.6) is 0 Å². The summed E-state index contributed by atoms with van der Waals surface area (Å²) in [5, 5.41) is 16.4. The highest BCUT2D eigenvalue weighted by molar-refractivity contribution is 7.14. The van der Waals surface area contributed by atoms with E-state index < -0.39 is 0 Å². The van der Waals surface area contributed by atoms with Gasteiger partial charge in [0, 0.05) is 25.5 Å². The second kappa shape index (κ2) is 5.66. The van der Waals surface area contributed by atoms with E-state index in [1.54, 1.807) is 5.38 Å². The van der Waals surface area contributed by atoms with Crippen molar-refractivity contribution >= 4 is 28.3 Å². The Balaban J connectivity index is 1.86. The van der Waals surface area contributed by atoms with Crippen LogP contribution in [-0.4, -0.2) is 35.1 Å². The molecule has 1 aliphatic rings. The minimum Gasteiger partial charge on any atom is -0.396 e. The number of aliphatic hydroxyl groups is 1. The third-order valence-electron chi connectivity index (χ3n) is 3.24. The van der Waals surface area contributed by atoms with Crippen LogP contribution < -0.4 is 10.6 Å². The maximum absolute atomic E-state index is 11.9. The van der Waals surface area contributed by atoms with Gasteiger partial charge in [0.2, 0.25) is 5.91 Å². The van der Waals surface area contributed by atoms with Crippen molar-refractivity contribution in [2.45, 2.75) is 26.2 Å². The molecule has 0 aliphatic heterocycles. The second-order valence-corrected chi connectivity index (χ2v) is 5.73. The minimum atomic E-state index is -0.239. The predicted octanol–water partition coefficient (Wildman–Crippen LogP) is 0.994. The highest BCUT2D eigenvalue weighted by Crippen LogP contribution is 2.47. The van der Waals surface area contributed by atoms with E-state index in [-0.39, 0.29) is 23.8 Å². The third-order valence-corrected chi connectivity index (χ3v) is 4.00. The first kappa shape index (κ1) is 14.0. The van der Waals surface area contributed by atoms with E-state index in [4.69, 9.17) is 5.11 Å². The standard InChI is InChI=1S/C12H17N3O3S/c1-8(17)14-11-15-9(6-19-11)10(18)13-7-12(2-3-12)4-5-16/h6,16H,2-5,7H2,1H3,(H,13,18)(H,14,15,17). The molecule has 0 radical (unpaired) electrons. The fourth-order valence-corrected chi connectivity index (χ4v) is 2.61. The molecule has 1 aliphatic carbocycles. The van der Waals surface area contributed by atoms with E-state index in [0.29, 0.717) is 17.4 Å². The number of aromatic nitrogens is 1. The summed E-state index contributed by atoms with van der Waals surface area (Å²) in [6, 6.07) is 0. The molecule has 104 valence electrons. The Hall–Kier alpha value is -1.47. The van der Waals surface area contributed by atoms with Crippen LogP contribution in [0.1, 0.15) is 36.7 Å². The molecule has 0 unspecified atom stereocenters. The van der Waals surface area contributed by atoms with Crippen LogP contribution in [0.2, 0.25) is 0 Å². The smallest absolute Gasteiger partial charge is 0.270 e. The maximum Gasteiger partial charge on any atom is 0.270 e. The molecule has 1 heterocycles. The van der Waals surface area contributed by atoms with E-state index >= 15 is 0 Å². The number of hydrogen-bond acceptors (Lipinski definition) is 5. The van der Waals surface area contributed by atoms with Crippen LogP contribution in [0, 0.1) is 5.41 Å². The van der Waals surface area contributed by atoms with Gasteiger partial charge < -0.3 is 15.7 Å². The number of nitrogens with one attached hydrogen (secondary N) is 2. The average molecular weight is 283 g/mol. The van der Waals surface area contributed by atoms with Crippen LogP contribution in [0.4, 0.5) is 5.13 Å². The van der Waals surface area contributed by atoms with Crippen molar-refractivity contribution in [3.63, 3.8) is 0 Å². The number of hydrogen-bond donors (Lipinski definition) is 3. The lowest BCUT2D eigenvalue weighted by molar-refractivity contribution is -0.114. The summed E-state index contributed by atoms with van der Waals surface area (Å²) in [6.45, 7) is 2.12. The van der Waals surface area contributed by atoms with Gasteiger partial charge in [-0.1, -0.05) is 0 Å². The molecule has 2 amide bonds. The third kappa shape index (κ3) is 3.74. The molecule has 19 heavy (non-hydrogen) atoms. The number of carbonyl (C=O) groups is 2. The predicted molar refractivity (Wildman–Crippen MR) is 72.1 cm³/mol. The largest absolute Gasteiger partial charge is 0.396 e. The SMILES string of the molecule is CC(=O)Nc1nc(C(=O)NCC2(CCO)CC2)cs1. The summed E-state index contributed by atoms with van der Waals surface area (Å²) in [5.74, 6) is -0.446. The molecule has 1 fully saturated rings. The molecular formula is C12H17N3O3S. The molecule has 1 aromatic rings. The van der Waals surface area contributed by atoms with Gasteiger partial charge in [-0.25, -0.2) is 4.98 Å². The van der Waals surface area contributed by atoms with Crippen molar-refractivity contribution in [1.82, 2.24) is 10.3 Å². The number of amides is 2. The molecule has 1 aromatic heterocycles. The van der Waals surface area contributed by atoms with Crippen LogP contribution in [0.3, 0.4) is 0 Å². The lowest BCUT2D eigenvalue weighted by atomic mass is 10.0. The van der Waals surface area contributed by atoms with Gasteiger partial charge in [-0.05, 0) is 24.7 Å². The fourth-order valence-electron chi connectivity index (χ4n) is 1.87. The summed E-state index contributed by atoms with van der Waals surface area (Å²) in [6.07, 6.45) is 2.81. The zero-order valence-electron chi connectivity index (χ0n) is 10.7. The monoisotopic (exact) mass is 283 g/mol. The Morgan fingerprint density at radius 1 is 1.53 bits per heavy atom. The van der Waals surface area contributed by atoms with E-state index in [0.717, 1.165) is 19.3 Å². The molecule has 0 atom stereocenters. The number of thiazole rings is 1. The quantitative estimate of drug-likeness (QED) is 0.726. The maximum atomic E-state index is 11.9. The van der Waals surface area contributed by atoms with Crippen LogP contribution in [0.15, 0.2) is 5.38 Å². The minimum absolute atomic E-state index is 0.0842. The number of rotatable bonds is 6. The molecule has 0 bridgehead atoms. The molecule has 2 rings (SSSR count). The average Bonchev–Trinajstić information content (AvgIpc) is 2.96. The molecule has 3 N–H and O–H groups in total. The van der Waals surface area contributed by atoms with E-state index in [9.17, 15) is 9.59 Å². The zero-order chi connectivity index (χ0) is 13.9. The normalized spacial score (nSPS) is 15.9. The second-order valence-electron chi connectivity index (χ2n) is 4.88. The Morgan fingerprint density at radius 2 is 2.26 bits per heavy atom. The van der Waals surface area contributed by atoms with Gasteiger partial charge in [-0.3, -0.25) is 9.59 Å². The number of carbonyl (C=O) groups excluding carboxylic acids is 2. The highest BCUT2D eigenvalue weighted by atomic mass is 32.1. The fraction of sp³-hybridized carbons (Fsp3) is 0.583. The molecule has 0 spiro atoms. The molecule has 0 aromatic carbocycles. The number of anilines is 1. The van der Waals surface area contributed by atoms with Crippen LogP contribution in [-0.2, 0) is 4.79 Å². The van der Waals surface area contributed by atoms with Crippen molar-refractivity contribution in [1.29, 1.82) is 0 Å². The van der Waals surface area contributed by atoms with Gasteiger partial charge in [0.25, 0.3) is 5.91 Å². The summed E-state index contributed by atoms with van der Waals surface area (Å²) in [4.78, 5) is 26.8. The van der Waals surface area contributed by atoms with Gasteiger partial charge in [0.1, 0.15) is 5.69 Å². The lowest BCUT2D eigenvalue weighted by Crippen LogP contribution is -2.30. The molecule has 7 heteroatoms. The molecule has 0 saturated heterocycles. The van der Waals surface area contributed by atoms with Gasteiger partial charge in [-0.2, -0.15) is 0 Å². The molecule has 6 nitrogen and oxygen atoms in total. The first-order valence-electron chi connectivity index (χ1n) is 6.17. The van der Waals surface area contributed by atoms with Gasteiger partial charge in [-0.15, -0.1) is 11.3 Å². The molecule has 1 saturated carbocycles. The highest BCUT2D eigenvalue weighted by Gasteiger charge is 2.41. The van der Waals surface area contributed by atoms with E-state index in [1.807, 2.05) is 0 Å². The van der Waals surface area contributed by atoms with Gasteiger partial charge >= 0.3 is 0 Å². The zero-order valence-corrected chi connectivity index (χ0v) is 11.5. The first-order chi connectivity index (χ1) is 9.04. The Bertz CT molecular complexity index is 482. The van der Waals surface area contributed by atoms with Gasteiger partial charge in [0.15, 0.2) is 5.13 Å². The van der Waals surface area contributed by atoms with Crippen LogP contribution >= 0.6 is 11.3 Å². The number of nitrogens with zero attached hydrogens (tertiary/aromatic N) is 1. The Kier molecular flexibility index (Phi) is 4.16. The topological polar surface area (TPSA) is 91.3 Å². The summed E-state index contributed by atoms with van der Waals surface area (Å²) in [7, 11) is 0. The van der Waals surface area contributed by atoms with E-state index in [2.05, 4.69) is 15.6 Å². The number of aliphatic hydroxyl groups excluding tert-OH is 1. The van der Waals surface area contributed by atoms with Crippen molar-refractivity contribution < 1.29 is 14.7 Å². The van der Waals surface area contributed by atoms with E-state index in [1.165, 1.54) is 18.3 Å². The summed E-state index contributed by atoms with van der Waals surface area (Å²) >= 11 is 1.22. The Labute approximate surface area is 115 Å². The Morgan fingerprint density at radius 3 is 2.84 bits per heavy atom. The van der Waals surface area contributed by atoms with Crippen molar-refractivity contribution in [3.8, 4) is 0 Å². The lowest BCUT2D eigenvalue weighted by Gasteiger charge is -2.13. The first-order valence-corrected chi connectivity index (χ1v) is 7.05. The van der Waals surface area contributed by atoms with Crippen molar-refractivity contribution in [2.75, 3.05) is 18.5 Å². The summed E-state index contributed by atoms with van der Waals surface area (Å²) in [5.41, 5.74) is 0.398. The van der Waals surface area contributed by atoms with Crippen molar-refractivity contribution in [2.24, 2.45) is 5.41 Å².